The van der Waals surface area contributed by atoms with Crippen molar-refractivity contribution in [1.29, 1.82) is 0 Å². The third-order valence-electron chi connectivity index (χ3n) is 3.97. The molecule has 0 aromatic carbocycles. The molecule has 0 spiro atoms. The summed E-state index contributed by atoms with van der Waals surface area (Å²) in [5.41, 5.74) is 4.70. The molecule has 3 unspecified atom stereocenters. The average molecular weight is 270 g/mol. The fourth-order valence-corrected chi connectivity index (χ4v) is 2.80. The van der Waals surface area contributed by atoms with Crippen molar-refractivity contribution in [3.8, 4) is 0 Å². The number of nitrogens with one attached hydrogen (secondary N) is 1. The van der Waals surface area contributed by atoms with E-state index in [9.17, 15) is 14.7 Å². The number of unbranched alkanes of at least 4 members (excludes halogenated alkanes) is 1. The van der Waals surface area contributed by atoms with Gasteiger partial charge in [0, 0.05) is 0 Å². The number of carboxylic acids is 1. The number of hydrogen-bond donors (Lipinski definition) is 3. The van der Waals surface area contributed by atoms with Crippen molar-refractivity contribution in [2.24, 2.45) is 11.7 Å². The molecule has 0 saturated heterocycles. The molecule has 0 aromatic rings. The third-order valence-corrected chi connectivity index (χ3v) is 3.97. The first-order valence-electron chi connectivity index (χ1n) is 7.22. The molecular weight excluding hydrogens is 244 g/mol. The second-order valence-corrected chi connectivity index (χ2v) is 5.83. The van der Waals surface area contributed by atoms with Gasteiger partial charge in [0.15, 0.2) is 0 Å². The van der Waals surface area contributed by atoms with E-state index in [-0.39, 0.29) is 5.91 Å². The summed E-state index contributed by atoms with van der Waals surface area (Å²) in [7, 11) is 0. The zero-order chi connectivity index (χ0) is 14.5. The molecule has 110 valence electrons. The van der Waals surface area contributed by atoms with Crippen LogP contribution in [0.5, 0.6) is 0 Å². The summed E-state index contributed by atoms with van der Waals surface area (Å²) in [6, 6.07) is -0.603. The lowest BCUT2D eigenvalue weighted by Crippen LogP contribution is -2.59. The normalized spacial score (nSPS) is 28.7. The minimum atomic E-state index is -1.11. The van der Waals surface area contributed by atoms with E-state index in [0.29, 0.717) is 25.2 Å². The predicted octanol–water partition coefficient (Wildman–Crippen LogP) is 1.65. The fourth-order valence-electron chi connectivity index (χ4n) is 2.80. The van der Waals surface area contributed by atoms with Crippen LogP contribution < -0.4 is 11.1 Å². The van der Waals surface area contributed by atoms with Gasteiger partial charge in [-0.15, -0.1) is 0 Å². The summed E-state index contributed by atoms with van der Waals surface area (Å²) >= 11 is 0. The average Bonchev–Trinajstić information content (AvgIpc) is 2.35. The van der Waals surface area contributed by atoms with Crippen LogP contribution in [0, 0.1) is 5.92 Å². The van der Waals surface area contributed by atoms with Crippen LogP contribution in [0.3, 0.4) is 0 Å². The molecule has 1 aliphatic carbocycles. The first-order chi connectivity index (χ1) is 8.91. The van der Waals surface area contributed by atoms with E-state index in [2.05, 4.69) is 5.32 Å². The molecule has 1 amide bonds. The van der Waals surface area contributed by atoms with Gasteiger partial charge in [0.1, 0.15) is 5.54 Å². The molecule has 0 aromatic heterocycles. The lowest BCUT2D eigenvalue weighted by atomic mass is 9.76. The number of hydrogen-bond acceptors (Lipinski definition) is 3. The Morgan fingerprint density at radius 3 is 2.74 bits per heavy atom. The summed E-state index contributed by atoms with van der Waals surface area (Å²) < 4.78 is 0. The number of aliphatic carboxylic acids is 1. The Kier molecular flexibility index (Phi) is 5.79. The van der Waals surface area contributed by atoms with Crippen LogP contribution in [0.1, 0.15) is 58.8 Å². The second-order valence-electron chi connectivity index (χ2n) is 5.83. The fraction of sp³-hybridized carbons (Fsp3) is 0.857. The van der Waals surface area contributed by atoms with Crippen LogP contribution in [-0.2, 0) is 9.59 Å². The summed E-state index contributed by atoms with van der Waals surface area (Å²) in [5, 5.41) is 12.2. The maximum Gasteiger partial charge on any atom is 0.329 e. The maximum atomic E-state index is 12.0. The summed E-state index contributed by atoms with van der Waals surface area (Å²) in [5.74, 6) is -0.947. The minimum absolute atomic E-state index is 0.317. The Labute approximate surface area is 114 Å². The van der Waals surface area contributed by atoms with Crippen LogP contribution in [0.4, 0.5) is 0 Å². The summed E-state index contributed by atoms with van der Waals surface area (Å²) in [4.78, 5) is 23.6. The highest BCUT2D eigenvalue weighted by Gasteiger charge is 2.43. The van der Waals surface area contributed by atoms with Gasteiger partial charge in [-0.3, -0.25) is 4.79 Å². The van der Waals surface area contributed by atoms with Crippen molar-refractivity contribution in [2.45, 2.75) is 70.4 Å². The van der Waals surface area contributed by atoms with Gasteiger partial charge >= 0.3 is 5.97 Å². The number of nitrogens with two attached hydrogens (primary N) is 1. The van der Waals surface area contributed by atoms with Crippen molar-refractivity contribution in [3.05, 3.63) is 0 Å². The molecule has 1 aliphatic rings. The van der Waals surface area contributed by atoms with E-state index in [4.69, 9.17) is 5.73 Å². The van der Waals surface area contributed by atoms with Crippen molar-refractivity contribution < 1.29 is 14.7 Å². The summed E-state index contributed by atoms with van der Waals surface area (Å²) in [6.45, 7) is 4.06. The van der Waals surface area contributed by atoms with Crippen molar-refractivity contribution in [1.82, 2.24) is 5.32 Å². The molecule has 0 aliphatic heterocycles. The minimum Gasteiger partial charge on any atom is -0.480 e. The Morgan fingerprint density at radius 1 is 1.53 bits per heavy atom. The highest BCUT2D eigenvalue weighted by atomic mass is 16.4. The zero-order valence-corrected chi connectivity index (χ0v) is 11.9. The Hall–Kier alpha value is -1.10. The Bertz CT molecular complexity index is 333. The zero-order valence-electron chi connectivity index (χ0n) is 11.9. The molecule has 19 heavy (non-hydrogen) atoms. The van der Waals surface area contributed by atoms with Crippen LogP contribution >= 0.6 is 0 Å². The van der Waals surface area contributed by atoms with Gasteiger partial charge in [-0.05, 0) is 25.2 Å². The first-order valence-corrected chi connectivity index (χ1v) is 7.22. The monoisotopic (exact) mass is 270 g/mol. The van der Waals surface area contributed by atoms with Gasteiger partial charge in [-0.1, -0.05) is 39.5 Å². The largest absolute Gasteiger partial charge is 0.480 e. The summed E-state index contributed by atoms with van der Waals surface area (Å²) in [6.07, 6.45) is 5.30. The topological polar surface area (TPSA) is 92.4 Å². The third kappa shape index (κ3) is 4.20. The highest BCUT2D eigenvalue weighted by Crippen LogP contribution is 2.32. The van der Waals surface area contributed by atoms with E-state index in [1.165, 1.54) is 0 Å². The van der Waals surface area contributed by atoms with E-state index < -0.39 is 17.6 Å². The van der Waals surface area contributed by atoms with Gasteiger partial charge in [0.2, 0.25) is 5.91 Å². The first kappa shape index (κ1) is 16.0. The molecule has 0 bridgehead atoms. The molecule has 0 heterocycles. The van der Waals surface area contributed by atoms with Crippen LogP contribution in [0.25, 0.3) is 0 Å². The van der Waals surface area contributed by atoms with Gasteiger partial charge < -0.3 is 16.2 Å². The van der Waals surface area contributed by atoms with E-state index in [1.807, 2.05) is 13.8 Å². The van der Waals surface area contributed by atoms with Crippen LogP contribution in [-0.4, -0.2) is 28.6 Å². The lowest BCUT2D eigenvalue weighted by molar-refractivity contribution is -0.150. The highest BCUT2D eigenvalue weighted by molar-refractivity contribution is 5.89. The molecular formula is C14H26N2O3. The van der Waals surface area contributed by atoms with Crippen molar-refractivity contribution in [3.63, 3.8) is 0 Å². The van der Waals surface area contributed by atoms with Gasteiger partial charge in [-0.2, -0.15) is 0 Å². The second kappa shape index (κ2) is 6.89. The van der Waals surface area contributed by atoms with Crippen molar-refractivity contribution >= 4 is 11.9 Å². The Balaban J connectivity index is 2.68. The van der Waals surface area contributed by atoms with Gasteiger partial charge in [0.25, 0.3) is 0 Å². The van der Waals surface area contributed by atoms with E-state index in [0.717, 1.165) is 25.7 Å². The Morgan fingerprint density at radius 2 is 2.21 bits per heavy atom. The number of carbonyl (C=O) groups excluding carboxylic acids is 1. The van der Waals surface area contributed by atoms with E-state index in [1.54, 1.807) is 0 Å². The number of rotatable bonds is 6. The molecule has 1 fully saturated rings. The predicted molar refractivity (Wildman–Crippen MR) is 73.6 cm³/mol. The van der Waals surface area contributed by atoms with Gasteiger partial charge in [0.05, 0.1) is 6.04 Å². The van der Waals surface area contributed by atoms with Crippen LogP contribution in [0.2, 0.25) is 0 Å². The smallest absolute Gasteiger partial charge is 0.329 e. The SMILES string of the molecule is CCCCC(N)C(=O)NC1(C(=O)O)CCCC(C)C1. The van der Waals surface area contributed by atoms with E-state index >= 15 is 0 Å². The molecule has 0 radical (unpaired) electrons. The molecule has 1 saturated carbocycles. The van der Waals surface area contributed by atoms with Crippen molar-refractivity contribution in [2.75, 3.05) is 0 Å². The molecule has 5 nitrogen and oxygen atoms in total. The van der Waals surface area contributed by atoms with Crippen LogP contribution in [0.15, 0.2) is 0 Å². The molecule has 3 atom stereocenters. The maximum absolute atomic E-state index is 12.0. The number of carbonyl (C=O) groups is 2. The molecule has 4 N–H and O–H groups in total. The lowest BCUT2D eigenvalue weighted by Gasteiger charge is -2.37. The quantitative estimate of drug-likeness (QED) is 0.684. The molecule has 1 rings (SSSR count). The number of amides is 1. The number of carboxylic acid groups (broad SMARTS) is 1. The van der Waals surface area contributed by atoms with Gasteiger partial charge in [-0.25, -0.2) is 4.79 Å². The molecule has 5 heteroatoms. The standard InChI is InChI=1S/C14H26N2O3/c1-3-4-7-11(15)12(17)16-14(13(18)19)8-5-6-10(2)9-14/h10-11H,3-9,15H2,1-2H3,(H,16,17)(H,18,19).